The van der Waals surface area contributed by atoms with Crippen LogP contribution in [-0.2, 0) is 19.6 Å². The molecule has 2 aromatic carbocycles. The van der Waals surface area contributed by atoms with Crippen LogP contribution < -0.4 is 20.1 Å². The molecule has 0 aliphatic heterocycles. The van der Waals surface area contributed by atoms with Crippen molar-refractivity contribution in [2.24, 2.45) is 0 Å². The minimum absolute atomic E-state index is 0.671. The summed E-state index contributed by atoms with van der Waals surface area (Å²) in [6.45, 7) is 6.50. The van der Waals surface area contributed by atoms with Gasteiger partial charge in [0.25, 0.3) is 0 Å². The van der Waals surface area contributed by atoms with Gasteiger partial charge < -0.3 is 20.1 Å². The van der Waals surface area contributed by atoms with E-state index >= 15 is 0 Å². The molecule has 0 saturated heterocycles. The lowest BCUT2D eigenvalue weighted by atomic mass is 10.2. The first-order valence-electron chi connectivity index (χ1n) is 10.7. The summed E-state index contributed by atoms with van der Waals surface area (Å²) in [5.74, 6) is 3.45. The number of aromatic nitrogens is 2. The predicted octanol–water partition coefficient (Wildman–Crippen LogP) is 4.20. The summed E-state index contributed by atoms with van der Waals surface area (Å²) in [6.07, 6.45) is 0. The normalized spacial score (nSPS) is 11.0. The fourth-order valence-electron chi connectivity index (χ4n) is 3.65. The molecule has 0 aliphatic rings. The molecule has 2 heterocycles. The molecule has 0 fully saturated rings. The molecule has 0 unspecified atom stereocenters. The van der Waals surface area contributed by atoms with Crippen molar-refractivity contribution in [3.05, 3.63) is 75.9 Å². The van der Waals surface area contributed by atoms with Gasteiger partial charge in [-0.1, -0.05) is 24.3 Å². The smallest absolute Gasteiger partial charge is 0.187 e. The van der Waals surface area contributed by atoms with Crippen molar-refractivity contribution >= 4 is 27.4 Å². The molecule has 32 heavy (non-hydrogen) atoms. The van der Waals surface area contributed by atoms with Gasteiger partial charge in [0.2, 0.25) is 0 Å². The lowest BCUT2D eigenvalue weighted by Gasteiger charge is -2.11. The Morgan fingerprint density at radius 1 is 0.906 bits per heavy atom. The first-order chi connectivity index (χ1) is 15.6. The maximum Gasteiger partial charge on any atom is 0.187 e. The van der Waals surface area contributed by atoms with Gasteiger partial charge >= 0.3 is 0 Å². The van der Waals surface area contributed by atoms with E-state index in [4.69, 9.17) is 19.4 Å². The first kappa shape index (κ1) is 22.0. The van der Waals surface area contributed by atoms with Crippen molar-refractivity contribution in [2.45, 2.75) is 33.5 Å². The van der Waals surface area contributed by atoms with E-state index in [0.717, 1.165) is 45.5 Å². The zero-order valence-electron chi connectivity index (χ0n) is 18.9. The highest BCUT2D eigenvalue weighted by Gasteiger charge is 2.15. The summed E-state index contributed by atoms with van der Waals surface area (Å²) in [5, 5.41) is 6.88. The van der Waals surface area contributed by atoms with Crippen molar-refractivity contribution in [1.29, 1.82) is 0 Å². The molecule has 6 nitrogen and oxygen atoms in total. The minimum atomic E-state index is 0.671. The fourth-order valence-corrected chi connectivity index (χ4v) is 4.70. The molecular weight excluding hydrogens is 420 g/mol. The summed E-state index contributed by atoms with van der Waals surface area (Å²) in [5.41, 5.74) is 3.60. The van der Waals surface area contributed by atoms with Crippen LogP contribution in [0.2, 0.25) is 0 Å². The average molecular weight is 450 g/mol. The number of nitrogens with zero attached hydrogens (tertiary/aromatic N) is 2. The van der Waals surface area contributed by atoms with Crippen LogP contribution >= 0.6 is 11.3 Å². The third-order valence-electron chi connectivity index (χ3n) is 5.51. The van der Waals surface area contributed by atoms with Gasteiger partial charge in [0.15, 0.2) is 5.82 Å². The number of rotatable bonds is 9. The fraction of sp³-hybridized carbons (Fsp3) is 0.280. The molecule has 166 valence electrons. The molecule has 4 rings (SSSR count). The summed E-state index contributed by atoms with van der Waals surface area (Å²) in [7, 11) is 3.38. The van der Waals surface area contributed by atoms with Crippen molar-refractivity contribution in [3.8, 4) is 11.5 Å². The molecule has 0 saturated carbocycles. The van der Waals surface area contributed by atoms with E-state index in [-0.39, 0.29) is 0 Å². The van der Waals surface area contributed by atoms with Crippen molar-refractivity contribution in [2.75, 3.05) is 19.5 Å². The molecule has 0 bridgehead atoms. The van der Waals surface area contributed by atoms with Gasteiger partial charge in [0.05, 0.1) is 19.6 Å². The van der Waals surface area contributed by atoms with Crippen LogP contribution in [0.1, 0.15) is 27.4 Å². The standard InChI is InChI=1S/C25H28N4O2S/c1-16-17(2)32-25-23(16)24(27-14-19-8-6-10-21(12-19)31-4)28-22(29-25)15-26-13-18-7-5-9-20(11-18)30-3/h5-12,26H,13-15H2,1-4H3,(H,27,28,29)/p+1. The van der Waals surface area contributed by atoms with Crippen molar-refractivity contribution in [1.82, 2.24) is 9.97 Å². The van der Waals surface area contributed by atoms with E-state index in [1.54, 1.807) is 25.6 Å². The molecule has 0 spiro atoms. The van der Waals surface area contributed by atoms with Gasteiger partial charge in [-0.05, 0) is 49.2 Å². The van der Waals surface area contributed by atoms with Crippen LogP contribution in [-0.4, -0.2) is 24.2 Å². The highest BCUT2D eigenvalue weighted by Crippen LogP contribution is 2.33. The Kier molecular flexibility index (Phi) is 6.87. The average Bonchev–Trinajstić information content (AvgIpc) is 3.11. The zero-order valence-corrected chi connectivity index (χ0v) is 19.8. The SMILES string of the molecule is COc1cccc(CNc2nc(C[NH2+]Cc3cccc(OC)c3)nc3sc(C)c(C)c23)c1. The summed E-state index contributed by atoms with van der Waals surface area (Å²) in [4.78, 5) is 12.1. The minimum Gasteiger partial charge on any atom is -0.497 e. The van der Waals surface area contributed by atoms with E-state index in [2.05, 4.69) is 42.7 Å². The lowest BCUT2D eigenvalue weighted by molar-refractivity contribution is -0.687. The quantitative estimate of drug-likeness (QED) is 0.401. The maximum absolute atomic E-state index is 5.35. The number of aryl methyl sites for hydroxylation is 2. The largest absolute Gasteiger partial charge is 0.497 e. The number of thiophene rings is 1. The van der Waals surface area contributed by atoms with E-state index in [9.17, 15) is 0 Å². The van der Waals surface area contributed by atoms with Gasteiger partial charge in [-0.15, -0.1) is 11.3 Å². The number of quaternary nitrogens is 1. The Morgan fingerprint density at radius 2 is 1.59 bits per heavy atom. The molecule has 0 aliphatic carbocycles. The number of nitrogens with two attached hydrogens (primary N) is 1. The Labute approximate surface area is 192 Å². The number of anilines is 1. The van der Waals surface area contributed by atoms with Gasteiger partial charge in [0, 0.05) is 17.0 Å². The maximum atomic E-state index is 5.35. The Bertz CT molecular complexity index is 1220. The van der Waals surface area contributed by atoms with E-state index in [1.807, 2.05) is 30.3 Å². The molecule has 0 atom stereocenters. The Morgan fingerprint density at radius 3 is 2.31 bits per heavy atom. The molecular formula is C25H29N4O2S+. The highest BCUT2D eigenvalue weighted by atomic mass is 32.1. The Balaban J connectivity index is 1.53. The van der Waals surface area contributed by atoms with E-state index < -0.39 is 0 Å². The second kappa shape index (κ2) is 9.97. The molecule has 2 aromatic heterocycles. The third kappa shape index (κ3) is 5.00. The Hall–Kier alpha value is -3.16. The second-order valence-electron chi connectivity index (χ2n) is 7.71. The molecule has 3 N–H and O–H groups in total. The van der Waals surface area contributed by atoms with Gasteiger partial charge in [0.1, 0.15) is 35.2 Å². The molecule has 7 heteroatoms. The molecule has 0 amide bonds. The molecule has 0 radical (unpaired) electrons. The number of ether oxygens (including phenoxy) is 2. The first-order valence-corrected chi connectivity index (χ1v) is 11.5. The monoisotopic (exact) mass is 449 g/mol. The van der Waals surface area contributed by atoms with Crippen LogP contribution in [0.15, 0.2) is 48.5 Å². The van der Waals surface area contributed by atoms with Crippen LogP contribution in [0.3, 0.4) is 0 Å². The van der Waals surface area contributed by atoms with Gasteiger partial charge in [-0.25, -0.2) is 9.97 Å². The topological polar surface area (TPSA) is 72.9 Å². The highest BCUT2D eigenvalue weighted by molar-refractivity contribution is 7.18. The van der Waals surface area contributed by atoms with Crippen LogP contribution in [0.25, 0.3) is 10.2 Å². The van der Waals surface area contributed by atoms with Crippen LogP contribution in [0.4, 0.5) is 5.82 Å². The van der Waals surface area contributed by atoms with Crippen molar-refractivity contribution in [3.63, 3.8) is 0 Å². The van der Waals surface area contributed by atoms with Gasteiger partial charge in [-0.3, -0.25) is 0 Å². The van der Waals surface area contributed by atoms with E-state index in [1.165, 1.54) is 16.0 Å². The van der Waals surface area contributed by atoms with Crippen molar-refractivity contribution < 1.29 is 14.8 Å². The number of hydrogen-bond acceptors (Lipinski definition) is 6. The summed E-state index contributed by atoms with van der Waals surface area (Å²) >= 11 is 1.73. The third-order valence-corrected chi connectivity index (χ3v) is 6.61. The summed E-state index contributed by atoms with van der Waals surface area (Å²) < 4.78 is 10.7. The van der Waals surface area contributed by atoms with Gasteiger partial charge in [-0.2, -0.15) is 0 Å². The number of nitrogens with one attached hydrogen (secondary N) is 1. The van der Waals surface area contributed by atoms with Crippen LogP contribution in [0, 0.1) is 13.8 Å². The zero-order chi connectivity index (χ0) is 22.5. The van der Waals surface area contributed by atoms with E-state index in [0.29, 0.717) is 13.1 Å². The predicted molar refractivity (Wildman–Crippen MR) is 130 cm³/mol. The number of fused-ring (bicyclic) bond motifs is 1. The number of benzene rings is 2. The summed E-state index contributed by atoms with van der Waals surface area (Å²) in [6, 6.07) is 16.2. The second-order valence-corrected chi connectivity index (χ2v) is 8.91. The number of hydrogen-bond donors (Lipinski definition) is 2. The lowest BCUT2D eigenvalue weighted by Crippen LogP contribution is -2.81. The molecule has 4 aromatic rings. The number of methoxy groups -OCH3 is 2. The van der Waals surface area contributed by atoms with Crippen LogP contribution in [0.5, 0.6) is 11.5 Å².